The average molecular weight is 271 g/mol. The van der Waals surface area contributed by atoms with E-state index in [-0.39, 0.29) is 0 Å². The van der Waals surface area contributed by atoms with Crippen molar-refractivity contribution in [3.05, 3.63) is 35.9 Å². The second-order valence-corrected chi connectivity index (χ2v) is 6.43. The Balaban J connectivity index is 1.58. The van der Waals surface area contributed by atoms with Crippen LogP contribution in [0.2, 0.25) is 0 Å². The van der Waals surface area contributed by atoms with Crippen molar-refractivity contribution in [1.82, 2.24) is 4.90 Å². The van der Waals surface area contributed by atoms with Gasteiger partial charge >= 0.3 is 0 Å². The summed E-state index contributed by atoms with van der Waals surface area (Å²) < 4.78 is 0. The van der Waals surface area contributed by atoms with Crippen molar-refractivity contribution in [2.45, 2.75) is 57.4 Å². The van der Waals surface area contributed by atoms with Crippen LogP contribution in [-0.4, -0.2) is 23.4 Å². The van der Waals surface area contributed by atoms with E-state index in [4.69, 9.17) is 0 Å². The zero-order valence-electron chi connectivity index (χ0n) is 12.3. The molecule has 20 heavy (non-hydrogen) atoms. The second-order valence-electron chi connectivity index (χ2n) is 6.43. The van der Waals surface area contributed by atoms with E-state index >= 15 is 0 Å². The predicted molar refractivity (Wildman–Crippen MR) is 81.5 cm³/mol. The SMILES string of the molecule is O=C(CC1CCCC1)N1CCCC1Cc1ccccc1. The van der Waals surface area contributed by atoms with Gasteiger partial charge in [0.25, 0.3) is 0 Å². The third-order valence-electron chi connectivity index (χ3n) is 4.95. The quantitative estimate of drug-likeness (QED) is 0.815. The van der Waals surface area contributed by atoms with Crippen LogP contribution in [0.3, 0.4) is 0 Å². The Morgan fingerprint density at radius 3 is 2.55 bits per heavy atom. The molecule has 2 fully saturated rings. The maximum atomic E-state index is 12.5. The number of carbonyl (C=O) groups excluding carboxylic acids is 1. The molecular weight excluding hydrogens is 246 g/mol. The third kappa shape index (κ3) is 3.23. The highest BCUT2D eigenvalue weighted by atomic mass is 16.2. The Bertz CT molecular complexity index is 436. The minimum Gasteiger partial charge on any atom is -0.339 e. The number of benzene rings is 1. The van der Waals surface area contributed by atoms with Gasteiger partial charge in [-0.15, -0.1) is 0 Å². The highest BCUT2D eigenvalue weighted by Crippen LogP contribution is 2.30. The Hall–Kier alpha value is -1.31. The molecule has 0 spiro atoms. The first-order chi connectivity index (χ1) is 9.83. The minimum atomic E-state index is 0.412. The number of rotatable bonds is 4. The topological polar surface area (TPSA) is 20.3 Å². The summed E-state index contributed by atoms with van der Waals surface area (Å²) in [5.41, 5.74) is 1.36. The summed E-state index contributed by atoms with van der Waals surface area (Å²) in [5.74, 6) is 1.08. The lowest BCUT2D eigenvalue weighted by atomic mass is 10.0. The van der Waals surface area contributed by atoms with Gasteiger partial charge in [-0.3, -0.25) is 4.79 Å². The maximum absolute atomic E-state index is 12.5. The van der Waals surface area contributed by atoms with Crippen molar-refractivity contribution >= 4 is 5.91 Å². The van der Waals surface area contributed by atoms with Crippen molar-refractivity contribution in [3.8, 4) is 0 Å². The normalized spacial score (nSPS) is 23.4. The van der Waals surface area contributed by atoms with Gasteiger partial charge in [-0.25, -0.2) is 0 Å². The minimum absolute atomic E-state index is 0.412. The van der Waals surface area contributed by atoms with Crippen molar-refractivity contribution in [1.29, 1.82) is 0 Å². The van der Waals surface area contributed by atoms with Crippen LogP contribution < -0.4 is 0 Å². The zero-order chi connectivity index (χ0) is 13.8. The molecule has 1 aromatic rings. The summed E-state index contributed by atoms with van der Waals surface area (Å²) in [6.45, 7) is 0.975. The van der Waals surface area contributed by atoms with Gasteiger partial charge in [0.05, 0.1) is 0 Å². The molecule has 0 radical (unpaired) electrons. The van der Waals surface area contributed by atoms with Gasteiger partial charge < -0.3 is 4.90 Å². The first-order valence-electron chi connectivity index (χ1n) is 8.16. The predicted octanol–water partition coefficient (Wildman–Crippen LogP) is 3.80. The summed E-state index contributed by atoms with van der Waals surface area (Å²) in [5, 5.41) is 0. The molecule has 1 aliphatic heterocycles. The fourth-order valence-corrected chi connectivity index (χ4v) is 3.84. The van der Waals surface area contributed by atoms with E-state index in [0.29, 0.717) is 17.9 Å². The average Bonchev–Trinajstić information content (AvgIpc) is 3.11. The Labute approximate surface area is 122 Å². The van der Waals surface area contributed by atoms with E-state index in [9.17, 15) is 4.79 Å². The van der Waals surface area contributed by atoms with Crippen LogP contribution in [0, 0.1) is 5.92 Å². The number of nitrogens with zero attached hydrogens (tertiary/aromatic N) is 1. The molecule has 2 nitrogen and oxygen atoms in total. The van der Waals surface area contributed by atoms with Crippen molar-refractivity contribution in [3.63, 3.8) is 0 Å². The molecule has 2 heteroatoms. The first kappa shape index (κ1) is 13.7. The molecule has 1 saturated carbocycles. The molecule has 3 rings (SSSR count). The number of hydrogen-bond acceptors (Lipinski definition) is 1. The number of hydrogen-bond donors (Lipinski definition) is 0. The molecule has 1 heterocycles. The highest BCUT2D eigenvalue weighted by Gasteiger charge is 2.30. The fourth-order valence-electron chi connectivity index (χ4n) is 3.84. The van der Waals surface area contributed by atoms with Crippen LogP contribution >= 0.6 is 0 Å². The lowest BCUT2D eigenvalue weighted by molar-refractivity contribution is -0.132. The number of likely N-dealkylation sites (tertiary alicyclic amines) is 1. The van der Waals surface area contributed by atoms with Gasteiger partial charge in [0, 0.05) is 19.0 Å². The molecule has 108 valence electrons. The van der Waals surface area contributed by atoms with Crippen LogP contribution in [0.1, 0.15) is 50.5 Å². The van der Waals surface area contributed by atoms with E-state index in [1.165, 1.54) is 44.1 Å². The van der Waals surface area contributed by atoms with Crippen LogP contribution in [0.5, 0.6) is 0 Å². The number of carbonyl (C=O) groups is 1. The van der Waals surface area contributed by atoms with Gasteiger partial charge in [0.1, 0.15) is 0 Å². The maximum Gasteiger partial charge on any atom is 0.223 e. The largest absolute Gasteiger partial charge is 0.339 e. The summed E-state index contributed by atoms with van der Waals surface area (Å²) in [7, 11) is 0. The molecule has 0 aromatic heterocycles. The first-order valence-corrected chi connectivity index (χ1v) is 8.16. The Morgan fingerprint density at radius 2 is 1.80 bits per heavy atom. The Kier molecular flexibility index (Phi) is 4.39. The smallest absolute Gasteiger partial charge is 0.223 e. The van der Waals surface area contributed by atoms with E-state index in [2.05, 4.69) is 35.2 Å². The lowest BCUT2D eigenvalue weighted by Crippen LogP contribution is -2.37. The molecule has 1 aliphatic carbocycles. The molecule has 0 bridgehead atoms. The molecule has 1 atom stereocenters. The Morgan fingerprint density at radius 1 is 1.05 bits per heavy atom. The van der Waals surface area contributed by atoms with Gasteiger partial charge in [0.2, 0.25) is 5.91 Å². The van der Waals surface area contributed by atoms with Crippen LogP contribution in [0.15, 0.2) is 30.3 Å². The van der Waals surface area contributed by atoms with Gasteiger partial charge in [-0.2, -0.15) is 0 Å². The summed E-state index contributed by atoms with van der Waals surface area (Å²) in [6.07, 6.45) is 9.35. The van der Waals surface area contributed by atoms with E-state index in [1.807, 2.05) is 0 Å². The molecule has 2 aliphatic rings. The molecule has 1 saturated heterocycles. The monoisotopic (exact) mass is 271 g/mol. The molecule has 1 unspecified atom stereocenters. The van der Waals surface area contributed by atoms with Crippen molar-refractivity contribution in [2.75, 3.05) is 6.54 Å². The highest BCUT2D eigenvalue weighted by molar-refractivity contribution is 5.77. The summed E-state index contributed by atoms with van der Waals surface area (Å²) in [6, 6.07) is 11.0. The van der Waals surface area contributed by atoms with Gasteiger partial charge in [-0.05, 0) is 43.6 Å². The molecule has 1 amide bonds. The van der Waals surface area contributed by atoms with Crippen LogP contribution in [-0.2, 0) is 11.2 Å². The van der Waals surface area contributed by atoms with E-state index in [1.54, 1.807) is 0 Å². The standard InChI is InChI=1S/C18H25NO/c20-18(14-16-9-4-5-10-16)19-12-6-11-17(19)13-15-7-2-1-3-8-15/h1-3,7-8,16-17H,4-6,9-14H2. The van der Waals surface area contributed by atoms with Gasteiger partial charge in [0.15, 0.2) is 0 Å². The van der Waals surface area contributed by atoms with Crippen LogP contribution in [0.4, 0.5) is 0 Å². The lowest BCUT2D eigenvalue weighted by Gasteiger charge is -2.26. The van der Waals surface area contributed by atoms with Gasteiger partial charge in [-0.1, -0.05) is 43.2 Å². The second kappa shape index (κ2) is 6.43. The van der Waals surface area contributed by atoms with Crippen molar-refractivity contribution < 1.29 is 4.79 Å². The fraction of sp³-hybridized carbons (Fsp3) is 0.611. The molecular formula is C18H25NO. The number of amides is 1. The summed E-state index contributed by atoms with van der Waals surface area (Å²) >= 11 is 0. The van der Waals surface area contributed by atoms with E-state index < -0.39 is 0 Å². The third-order valence-corrected chi connectivity index (χ3v) is 4.95. The van der Waals surface area contributed by atoms with Crippen LogP contribution in [0.25, 0.3) is 0 Å². The summed E-state index contributed by atoms with van der Waals surface area (Å²) in [4.78, 5) is 14.7. The van der Waals surface area contributed by atoms with E-state index in [0.717, 1.165) is 19.4 Å². The molecule has 1 aromatic carbocycles. The zero-order valence-corrected chi connectivity index (χ0v) is 12.3. The molecule has 0 N–H and O–H groups in total. The van der Waals surface area contributed by atoms with Crippen molar-refractivity contribution in [2.24, 2.45) is 5.92 Å².